The smallest absolute Gasteiger partial charge is 0.324 e. The normalized spacial score (nSPS) is 17.0. The largest absolute Gasteiger partial charge is 0.361 e. The summed E-state index contributed by atoms with van der Waals surface area (Å²) in [7, 11) is 0. The molecule has 27 heavy (non-hydrogen) atoms. The lowest BCUT2D eigenvalue weighted by atomic mass is 10.1. The summed E-state index contributed by atoms with van der Waals surface area (Å²) in [6.07, 6.45) is 3.33. The van der Waals surface area contributed by atoms with Crippen LogP contribution in [0.1, 0.15) is 32.3 Å². The van der Waals surface area contributed by atoms with Gasteiger partial charge in [-0.1, -0.05) is 32.0 Å². The summed E-state index contributed by atoms with van der Waals surface area (Å²) in [6, 6.07) is 6.70. The summed E-state index contributed by atoms with van der Waals surface area (Å²) in [5.41, 5.74) is 2.08. The van der Waals surface area contributed by atoms with Crippen LogP contribution in [-0.4, -0.2) is 46.9 Å². The molecule has 0 saturated carbocycles. The fourth-order valence-electron chi connectivity index (χ4n) is 3.26. The Kier molecular flexibility index (Phi) is 5.78. The number of hydrogen-bond donors (Lipinski definition) is 3. The standard InChI is InChI=1S/C20H26N4O3/c1-13(2)7-9-21-18(25)11-17-19(26)24(20(27)23-17)10-8-14-12-22-16-6-4-3-5-15(14)16/h3-6,12-13,17,22H,7-11H2,1-2H3,(H,21,25)(H,23,27)/t17-/m1/s1. The number of hydrogen-bond acceptors (Lipinski definition) is 3. The molecule has 3 N–H and O–H groups in total. The third-order valence-electron chi connectivity index (χ3n) is 4.82. The van der Waals surface area contributed by atoms with E-state index in [9.17, 15) is 14.4 Å². The van der Waals surface area contributed by atoms with E-state index in [1.54, 1.807) is 0 Å². The lowest BCUT2D eigenvalue weighted by Crippen LogP contribution is -2.37. The van der Waals surface area contributed by atoms with Gasteiger partial charge in [-0.25, -0.2) is 4.79 Å². The second kappa shape index (κ2) is 8.24. The molecule has 0 spiro atoms. The summed E-state index contributed by atoms with van der Waals surface area (Å²) in [5, 5.41) is 6.51. The van der Waals surface area contributed by atoms with Crippen LogP contribution in [0.5, 0.6) is 0 Å². The molecule has 2 aromatic rings. The highest BCUT2D eigenvalue weighted by Gasteiger charge is 2.38. The van der Waals surface area contributed by atoms with E-state index < -0.39 is 12.1 Å². The first-order chi connectivity index (χ1) is 13.0. The molecule has 1 atom stereocenters. The Morgan fingerprint density at radius 3 is 2.81 bits per heavy atom. The van der Waals surface area contributed by atoms with Crippen molar-refractivity contribution in [3.8, 4) is 0 Å². The van der Waals surface area contributed by atoms with Crippen LogP contribution in [0, 0.1) is 5.92 Å². The van der Waals surface area contributed by atoms with Crippen molar-refractivity contribution in [2.75, 3.05) is 13.1 Å². The fourth-order valence-corrected chi connectivity index (χ4v) is 3.26. The summed E-state index contributed by atoms with van der Waals surface area (Å²) < 4.78 is 0. The van der Waals surface area contributed by atoms with Crippen molar-refractivity contribution < 1.29 is 14.4 Å². The van der Waals surface area contributed by atoms with Crippen LogP contribution < -0.4 is 10.6 Å². The first kappa shape index (κ1) is 18.9. The molecule has 1 saturated heterocycles. The number of fused-ring (bicyclic) bond motifs is 1. The van der Waals surface area contributed by atoms with Gasteiger partial charge in [0.05, 0.1) is 6.42 Å². The molecule has 1 fully saturated rings. The molecule has 0 aliphatic carbocycles. The molecule has 7 nitrogen and oxygen atoms in total. The number of amides is 4. The molecule has 1 aromatic heterocycles. The van der Waals surface area contributed by atoms with E-state index in [1.165, 1.54) is 4.90 Å². The van der Waals surface area contributed by atoms with Crippen LogP contribution in [0.15, 0.2) is 30.5 Å². The van der Waals surface area contributed by atoms with Gasteiger partial charge in [0, 0.05) is 30.2 Å². The second-order valence-corrected chi connectivity index (χ2v) is 7.34. The molecule has 4 amide bonds. The van der Waals surface area contributed by atoms with Crippen LogP contribution in [-0.2, 0) is 16.0 Å². The van der Waals surface area contributed by atoms with Gasteiger partial charge in [0.15, 0.2) is 0 Å². The number of nitrogens with one attached hydrogen (secondary N) is 3. The van der Waals surface area contributed by atoms with Gasteiger partial charge in [-0.05, 0) is 30.4 Å². The minimum Gasteiger partial charge on any atom is -0.361 e. The maximum Gasteiger partial charge on any atom is 0.324 e. The molecule has 0 radical (unpaired) electrons. The first-order valence-electron chi connectivity index (χ1n) is 9.39. The van der Waals surface area contributed by atoms with Gasteiger partial charge in [0.2, 0.25) is 5.91 Å². The van der Waals surface area contributed by atoms with Gasteiger partial charge in [-0.3, -0.25) is 14.5 Å². The number of aromatic nitrogens is 1. The third-order valence-corrected chi connectivity index (χ3v) is 4.82. The minimum atomic E-state index is -0.778. The number of urea groups is 1. The second-order valence-electron chi connectivity index (χ2n) is 7.34. The Balaban J connectivity index is 1.54. The lowest BCUT2D eigenvalue weighted by Gasteiger charge is -2.13. The van der Waals surface area contributed by atoms with Crippen molar-refractivity contribution in [1.29, 1.82) is 0 Å². The summed E-state index contributed by atoms with van der Waals surface area (Å²) in [4.78, 5) is 41.1. The third kappa shape index (κ3) is 4.48. The molecular formula is C20H26N4O3. The number of nitrogens with zero attached hydrogens (tertiary/aromatic N) is 1. The molecule has 1 aromatic carbocycles. The average molecular weight is 370 g/mol. The molecule has 3 rings (SSSR count). The van der Waals surface area contributed by atoms with Crippen LogP contribution in [0.25, 0.3) is 10.9 Å². The predicted molar refractivity (Wildman–Crippen MR) is 103 cm³/mol. The van der Waals surface area contributed by atoms with E-state index >= 15 is 0 Å². The van der Waals surface area contributed by atoms with E-state index in [0.717, 1.165) is 22.9 Å². The monoisotopic (exact) mass is 370 g/mol. The van der Waals surface area contributed by atoms with E-state index in [4.69, 9.17) is 0 Å². The molecule has 2 heterocycles. The fraction of sp³-hybridized carbons (Fsp3) is 0.450. The Labute approximate surface area is 158 Å². The van der Waals surface area contributed by atoms with E-state index in [1.807, 2.05) is 30.5 Å². The van der Waals surface area contributed by atoms with Crippen LogP contribution in [0.4, 0.5) is 4.79 Å². The van der Waals surface area contributed by atoms with E-state index in [0.29, 0.717) is 18.9 Å². The Morgan fingerprint density at radius 1 is 1.26 bits per heavy atom. The minimum absolute atomic E-state index is 0.0216. The zero-order valence-electron chi connectivity index (χ0n) is 15.7. The molecule has 0 bridgehead atoms. The highest BCUT2D eigenvalue weighted by molar-refractivity contribution is 6.05. The number of aromatic amines is 1. The zero-order valence-corrected chi connectivity index (χ0v) is 15.7. The number of carbonyl (C=O) groups is 3. The maximum atomic E-state index is 12.5. The van der Waals surface area contributed by atoms with E-state index in [-0.39, 0.29) is 24.8 Å². The van der Waals surface area contributed by atoms with Crippen molar-refractivity contribution in [1.82, 2.24) is 20.5 Å². The molecule has 144 valence electrons. The molecular weight excluding hydrogens is 344 g/mol. The van der Waals surface area contributed by atoms with Gasteiger partial charge in [-0.2, -0.15) is 0 Å². The number of carbonyl (C=O) groups excluding carboxylic acids is 3. The van der Waals surface area contributed by atoms with E-state index in [2.05, 4.69) is 29.5 Å². The molecule has 1 aliphatic heterocycles. The molecule has 7 heteroatoms. The Bertz CT molecular complexity index is 843. The SMILES string of the molecule is CC(C)CCNC(=O)C[C@H]1NC(=O)N(CCc2c[nH]c3ccccc23)C1=O. The van der Waals surface area contributed by atoms with Crippen LogP contribution >= 0.6 is 0 Å². The highest BCUT2D eigenvalue weighted by Crippen LogP contribution is 2.19. The van der Waals surface area contributed by atoms with Crippen molar-refractivity contribution >= 4 is 28.7 Å². The number of benzene rings is 1. The molecule has 0 unspecified atom stereocenters. The number of para-hydroxylation sites is 1. The maximum absolute atomic E-state index is 12.5. The van der Waals surface area contributed by atoms with Crippen molar-refractivity contribution in [3.05, 3.63) is 36.0 Å². The number of H-pyrrole nitrogens is 1. The first-order valence-corrected chi connectivity index (χ1v) is 9.39. The zero-order chi connectivity index (χ0) is 19.4. The quantitative estimate of drug-likeness (QED) is 0.622. The van der Waals surface area contributed by atoms with Crippen LogP contribution in [0.3, 0.4) is 0 Å². The highest BCUT2D eigenvalue weighted by atomic mass is 16.2. The van der Waals surface area contributed by atoms with Crippen molar-refractivity contribution in [2.45, 2.75) is 39.2 Å². The average Bonchev–Trinajstić information content (AvgIpc) is 3.14. The number of rotatable bonds is 8. The van der Waals surface area contributed by atoms with Gasteiger partial charge in [0.25, 0.3) is 5.91 Å². The van der Waals surface area contributed by atoms with Gasteiger partial charge >= 0.3 is 6.03 Å². The van der Waals surface area contributed by atoms with Crippen molar-refractivity contribution in [2.24, 2.45) is 5.92 Å². The van der Waals surface area contributed by atoms with Crippen LogP contribution in [0.2, 0.25) is 0 Å². The summed E-state index contributed by atoms with van der Waals surface area (Å²) in [6.45, 7) is 5.03. The Hall–Kier alpha value is -2.83. The summed E-state index contributed by atoms with van der Waals surface area (Å²) in [5.74, 6) is -0.0512. The molecule has 1 aliphatic rings. The van der Waals surface area contributed by atoms with Crippen molar-refractivity contribution in [3.63, 3.8) is 0 Å². The lowest BCUT2D eigenvalue weighted by molar-refractivity contribution is -0.130. The van der Waals surface area contributed by atoms with Gasteiger partial charge < -0.3 is 15.6 Å². The van der Waals surface area contributed by atoms with Gasteiger partial charge in [0.1, 0.15) is 6.04 Å². The number of imide groups is 1. The predicted octanol–water partition coefficient (Wildman–Crippen LogP) is 2.18. The topological polar surface area (TPSA) is 94.3 Å². The summed E-state index contributed by atoms with van der Waals surface area (Å²) >= 11 is 0. The van der Waals surface area contributed by atoms with Gasteiger partial charge in [-0.15, -0.1) is 0 Å². The Morgan fingerprint density at radius 2 is 2.04 bits per heavy atom.